The zero-order valence-corrected chi connectivity index (χ0v) is 12.0. The second kappa shape index (κ2) is 4.01. The fourth-order valence-corrected chi connectivity index (χ4v) is 3.35. The van der Waals surface area contributed by atoms with Gasteiger partial charge >= 0.3 is 0 Å². The van der Waals surface area contributed by atoms with Gasteiger partial charge in [-0.25, -0.2) is 0 Å². The van der Waals surface area contributed by atoms with Gasteiger partial charge in [-0.15, -0.1) is 0 Å². The van der Waals surface area contributed by atoms with Gasteiger partial charge in [-0.3, -0.25) is 0 Å². The number of rotatable bonds is 1. The molecule has 0 bridgehead atoms. The maximum absolute atomic E-state index is 2.46. The van der Waals surface area contributed by atoms with Gasteiger partial charge in [0.2, 0.25) is 0 Å². The Kier molecular flexibility index (Phi) is 2.93. The minimum Gasteiger partial charge on any atom is -0.0747 e. The third kappa shape index (κ3) is 1.94. The molecule has 0 nitrogen and oxygen atoms in total. The van der Waals surface area contributed by atoms with Gasteiger partial charge in [-0.2, -0.15) is 0 Å². The Bertz CT molecular complexity index is 475. The first-order chi connectivity index (χ1) is 7.86. The van der Waals surface area contributed by atoms with E-state index >= 15 is 0 Å². The number of hydrogen-bond acceptors (Lipinski definition) is 0. The van der Waals surface area contributed by atoms with Crippen molar-refractivity contribution in [1.29, 1.82) is 0 Å². The number of fused-ring (bicyclic) bond motifs is 1. The highest BCUT2D eigenvalue weighted by Gasteiger charge is 2.33. The molecule has 0 saturated carbocycles. The normalized spacial score (nSPS) is 22.0. The third-order valence-corrected chi connectivity index (χ3v) is 4.36. The fourth-order valence-electron chi connectivity index (χ4n) is 3.35. The summed E-state index contributed by atoms with van der Waals surface area (Å²) >= 11 is 0. The number of allylic oxidation sites excluding steroid dienone is 2. The van der Waals surface area contributed by atoms with Crippen LogP contribution in [0.4, 0.5) is 0 Å². The quantitative estimate of drug-likeness (QED) is 0.616. The molecule has 1 atom stereocenters. The SMILES string of the molecule is CCC1c2cc(C)c(C)cc2C(C)=CC1(C)C. The summed E-state index contributed by atoms with van der Waals surface area (Å²) in [4.78, 5) is 0. The van der Waals surface area contributed by atoms with E-state index in [0.717, 1.165) is 0 Å². The van der Waals surface area contributed by atoms with Crippen molar-refractivity contribution in [3.8, 4) is 0 Å². The molecule has 1 aliphatic rings. The monoisotopic (exact) mass is 228 g/mol. The summed E-state index contributed by atoms with van der Waals surface area (Å²) in [7, 11) is 0. The van der Waals surface area contributed by atoms with E-state index in [1.54, 1.807) is 5.56 Å². The van der Waals surface area contributed by atoms with Crippen LogP contribution in [0.5, 0.6) is 0 Å². The van der Waals surface area contributed by atoms with Crippen molar-refractivity contribution in [2.24, 2.45) is 5.41 Å². The van der Waals surface area contributed by atoms with Gasteiger partial charge in [-0.1, -0.05) is 39.0 Å². The second-order valence-corrected chi connectivity index (χ2v) is 6.13. The predicted molar refractivity (Wildman–Crippen MR) is 76.4 cm³/mol. The van der Waals surface area contributed by atoms with E-state index in [1.165, 1.54) is 28.7 Å². The first kappa shape index (κ1) is 12.4. The molecule has 1 aromatic rings. The molecule has 0 N–H and O–H groups in total. The van der Waals surface area contributed by atoms with E-state index in [1.807, 2.05) is 0 Å². The largest absolute Gasteiger partial charge is 0.0747 e. The van der Waals surface area contributed by atoms with Crippen molar-refractivity contribution < 1.29 is 0 Å². The zero-order chi connectivity index (χ0) is 12.8. The molecule has 1 unspecified atom stereocenters. The van der Waals surface area contributed by atoms with Gasteiger partial charge in [0.15, 0.2) is 0 Å². The summed E-state index contributed by atoms with van der Waals surface area (Å²) in [5.74, 6) is 0.653. The van der Waals surface area contributed by atoms with Crippen molar-refractivity contribution in [3.63, 3.8) is 0 Å². The van der Waals surface area contributed by atoms with Gasteiger partial charge in [0.05, 0.1) is 0 Å². The van der Waals surface area contributed by atoms with Crippen LogP contribution in [0.1, 0.15) is 62.3 Å². The minimum atomic E-state index is 0.285. The molecule has 0 heterocycles. The summed E-state index contributed by atoms with van der Waals surface area (Å²) in [6.07, 6.45) is 3.67. The maximum Gasteiger partial charge on any atom is -0.00723 e. The van der Waals surface area contributed by atoms with E-state index in [0.29, 0.717) is 5.92 Å². The molecule has 0 radical (unpaired) electrons. The van der Waals surface area contributed by atoms with E-state index < -0.39 is 0 Å². The molecule has 0 aromatic heterocycles. The molecular formula is C17H24. The van der Waals surface area contributed by atoms with Crippen molar-refractivity contribution in [2.75, 3.05) is 0 Å². The Balaban J connectivity index is 2.68. The zero-order valence-electron chi connectivity index (χ0n) is 12.0. The lowest BCUT2D eigenvalue weighted by Gasteiger charge is -2.38. The van der Waals surface area contributed by atoms with Gasteiger partial charge in [0.25, 0.3) is 0 Å². The summed E-state index contributed by atoms with van der Waals surface area (Å²) in [6, 6.07) is 4.78. The van der Waals surface area contributed by atoms with Crippen molar-refractivity contribution in [2.45, 2.75) is 53.9 Å². The van der Waals surface area contributed by atoms with Crippen molar-refractivity contribution >= 4 is 5.57 Å². The lowest BCUT2D eigenvalue weighted by molar-refractivity contribution is 0.358. The van der Waals surface area contributed by atoms with Crippen LogP contribution in [0.3, 0.4) is 0 Å². The fraction of sp³-hybridized carbons (Fsp3) is 0.529. The minimum absolute atomic E-state index is 0.285. The Morgan fingerprint density at radius 1 is 1.06 bits per heavy atom. The van der Waals surface area contributed by atoms with Gasteiger partial charge in [0.1, 0.15) is 0 Å². The molecule has 0 aliphatic heterocycles. The van der Waals surface area contributed by atoms with E-state index in [2.05, 4.69) is 59.8 Å². The standard InChI is InChI=1S/C17H24/c1-7-16-15-9-12(3)11(2)8-14(15)13(4)10-17(16,5)6/h8-10,16H,7H2,1-6H3. The Labute approximate surface area is 106 Å². The first-order valence-electron chi connectivity index (χ1n) is 6.67. The summed E-state index contributed by atoms with van der Waals surface area (Å²) in [5, 5.41) is 0. The van der Waals surface area contributed by atoms with E-state index in [4.69, 9.17) is 0 Å². The lowest BCUT2D eigenvalue weighted by atomic mass is 9.66. The number of aryl methyl sites for hydroxylation is 2. The van der Waals surface area contributed by atoms with Crippen LogP contribution in [0.25, 0.3) is 5.57 Å². The number of benzene rings is 1. The maximum atomic E-state index is 2.46. The highest BCUT2D eigenvalue weighted by molar-refractivity contribution is 5.71. The Morgan fingerprint density at radius 2 is 1.65 bits per heavy atom. The molecule has 1 aliphatic carbocycles. The second-order valence-electron chi connectivity index (χ2n) is 6.13. The van der Waals surface area contributed by atoms with E-state index in [9.17, 15) is 0 Å². The van der Waals surface area contributed by atoms with E-state index in [-0.39, 0.29) is 5.41 Å². The molecular weight excluding hydrogens is 204 g/mol. The summed E-state index contributed by atoms with van der Waals surface area (Å²) in [6.45, 7) is 13.7. The average molecular weight is 228 g/mol. The smallest absolute Gasteiger partial charge is 0.00723 e. The number of hydrogen-bond donors (Lipinski definition) is 0. The Morgan fingerprint density at radius 3 is 2.24 bits per heavy atom. The molecule has 0 heteroatoms. The first-order valence-corrected chi connectivity index (χ1v) is 6.67. The van der Waals surface area contributed by atoms with Gasteiger partial charge in [0, 0.05) is 0 Å². The van der Waals surface area contributed by atoms with Gasteiger partial charge < -0.3 is 0 Å². The van der Waals surface area contributed by atoms with Crippen LogP contribution in [-0.4, -0.2) is 0 Å². The van der Waals surface area contributed by atoms with Crippen LogP contribution >= 0.6 is 0 Å². The molecule has 0 spiro atoms. The van der Waals surface area contributed by atoms with Crippen molar-refractivity contribution in [1.82, 2.24) is 0 Å². The predicted octanol–water partition coefficient (Wildman–Crippen LogP) is 5.24. The molecule has 0 amide bonds. The molecule has 17 heavy (non-hydrogen) atoms. The Hall–Kier alpha value is -1.04. The van der Waals surface area contributed by atoms with Gasteiger partial charge in [-0.05, 0) is 66.4 Å². The van der Waals surface area contributed by atoms with Crippen LogP contribution in [0.15, 0.2) is 18.2 Å². The molecule has 2 rings (SSSR count). The molecule has 92 valence electrons. The third-order valence-electron chi connectivity index (χ3n) is 4.36. The molecule has 0 fully saturated rings. The van der Waals surface area contributed by atoms with Crippen LogP contribution in [0.2, 0.25) is 0 Å². The summed E-state index contributed by atoms with van der Waals surface area (Å²) in [5.41, 5.74) is 7.59. The van der Waals surface area contributed by atoms with Crippen LogP contribution in [-0.2, 0) is 0 Å². The highest BCUT2D eigenvalue weighted by Crippen LogP contribution is 2.47. The lowest BCUT2D eigenvalue weighted by Crippen LogP contribution is -2.24. The van der Waals surface area contributed by atoms with Crippen LogP contribution in [0, 0.1) is 19.3 Å². The molecule has 1 aromatic carbocycles. The van der Waals surface area contributed by atoms with Crippen LogP contribution < -0.4 is 0 Å². The average Bonchev–Trinajstić information content (AvgIpc) is 2.21. The highest BCUT2D eigenvalue weighted by atomic mass is 14.4. The molecule has 0 saturated heterocycles. The topological polar surface area (TPSA) is 0 Å². The van der Waals surface area contributed by atoms with Crippen molar-refractivity contribution in [3.05, 3.63) is 40.5 Å². The summed E-state index contributed by atoms with van der Waals surface area (Å²) < 4.78 is 0.